The summed E-state index contributed by atoms with van der Waals surface area (Å²) in [5.41, 5.74) is 0.484. The quantitative estimate of drug-likeness (QED) is 0.490. The van der Waals surface area contributed by atoms with Gasteiger partial charge in [0, 0.05) is 23.7 Å². The van der Waals surface area contributed by atoms with Gasteiger partial charge in [0.1, 0.15) is 24.3 Å². The molecule has 0 aliphatic carbocycles. The minimum atomic E-state index is -0.732. The van der Waals surface area contributed by atoms with Gasteiger partial charge < -0.3 is 26.0 Å². The average molecular weight is 455 g/mol. The highest BCUT2D eigenvalue weighted by atomic mass is 19.1. The van der Waals surface area contributed by atoms with Crippen molar-refractivity contribution in [3.8, 4) is 0 Å². The first kappa shape index (κ1) is 23.8. The molecule has 4 N–H and O–H groups in total. The lowest BCUT2D eigenvalue weighted by Crippen LogP contribution is -2.47. The highest BCUT2D eigenvalue weighted by Gasteiger charge is 2.26. The van der Waals surface area contributed by atoms with Gasteiger partial charge in [0.2, 0.25) is 5.91 Å². The molecular formula is C24H27FN4O4. The minimum Gasteiger partial charge on any atom is -0.445 e. The number of rotatable bonds is 8. The summed E-state index contributed by atoms with van der Waals surface area (Å²) in [6, 6.07) is 15.4. The van der Waals surface area contributed by atoms with E-state index in [2.05, 4.69) is 21.3 Å². The van der Waals surface area contributed by atoms with Gasteiger partial charge in [0.05, 0.1) is 0 Å². The van der Waals surface area contributed by atoms with Crippen molar-refractivity contribution >= 4 is 17.9 Å². The zero-order valence-corrected chi connectivity index (χ0v) is 18.5. The molecule has 0 saturated heterocycles. The maximum Gasteiger partial charge on any atom is 0.407 e. The SMILES string of the molecule is CC(C)(CCC(=O)NC1=CNC(c2ccccc2F)NC1=O)NC(=O)OCc1ccccc1. The van der Waals surface area contributed by atoms with Gasteiger partial charge in [-0.2, -0.15) is 0 Å². The fourth-order valence-corrected chi connectivity index (χ4v) is 3.19. The first-order chi connectivity index (χ1) is 15.7. The second-order valence-corrected chi connectivity index (χ2v) is 8.27. The maximum atomic E-state index is 13.9. The third-order valence-electron chi connectivity index (χ3n) is 5.03. The Balaban J connectivity index is 1.44. The van der Waals surface area contributed by atoms with Gasteiger partial charge in [-0.15, -0.1) is 0 Å². The molecule has 1 aliphatic heterocycles. The summed E-state index contributed by atoms with van der Waals surface area (Å²) in [5, 5.41) is 10.8. The average Bonchev–Trinajstić information content (AvgIpc) is 2.79. The van der Waals surface area contributed by atoms with E-state index in [0.29, 0.717) is 12.0 Å². The van der Waals surface area contributed by atoms with E-state index in [0.717, 1.165) is 5.56 Å². The van der Waals surface area contributed by atoms with Gasteiger partial charge in [-0.3, -0.25) is 9.59 Å². The van der Waals surface area contributed by atoms with Crippen LogP contribution in [0.1, 0.15) is 44.0 Å². The molecule has 3 rings (SSSR count). The third-order valence-corrected chi connectivity index (χ3v) is 5.03. The Labute approximate surface area is 191 Å². The van der Waals surface area contributed by atoms with E-state index >= 15 is 0 Å². The fourth-order valence-electron chi connectivity index (χ4n) is 3.19. The Kier molecular flexibility index (Phi) is 7.66. The van der Waals surface area contributed by atoms with E-state index in [4.69, 9.17) is 4.74 Å². The number of hydrogen-bond acceptors (Lipinski definition) is 5. The number of carbonyl (C=O) groups excluding carboxylic acids is 3. The highest BCUT2D eigenvalue weighted by Crippen LogP contribution is 2.18. The van der Waals surface area contributed by atoms with Gasteiger partial charge in [-0.05, 0) is 31.9 Å². The van der Waals surface area contributed by atoms with Crippen LogP contribution in [0.3, 0.4) is 0 Å². The summed E-state index contributed by atoms with van der Waals surface area (Å²) in [5.74, 6) is -1.37. The first-order valence-corrected chi connectivity index (χ1v) is 10.5. The Hall–Kier alpha value is -3.88. The molecule has 0 fully saturated rings. The molecule has 1 heterocycles. The van der Waals surface area contributed by atoms with Crippen molar-refractivity contribution in [2.45, 2.75) is 45.0 Å². The lowest BCUT2D eigenvalue weighted by atomic mass is 9.98. The number of benzene rings is 2. The van der Waals surface area contributed by atoms with Crippen LogP contribution in [0.2, 0.25) is 0 Å². The Morgan fingerprint density at radius 1 is 1.09 bits per heavy atom. The van der Waals surface area contributed by atoms with E-state index in [1.807, 2.05) is 30.3 Å². The van der Waals surface area contributed by atoms with Crippen molar-refractivity contribution in [2.24, 2.45) is 0 Å². The Bertz CT molecular complexity index is 1040. The second kappa shape index (κ2) is 10.6. The molecule has 2 aromatic carbocycles. The summed E-state index contributed by atoms with van der Waals surface area (Å²) >= 11 is 0. The van der Waals surface area contributed by atoms with E-state index < -0.39 is 35.4 Å². The number of hydrogen-bond donors (Lipinski definition) is 4. The van der Waals surface area contributed by atoms with Crippen molar-refractivity contribution in [3.05, 3.63) is 83.4 Å². The van der Waals surface area contributed by atoms with Crippen LogP contribution >= 0.6 is 0 Å². The predicted molar refractivity (Wildman–Crippen MR) is 120 cm³/mol. The van der Waals surface area contributed by atoms with Gasteiger partial charge >= 0.3 is 6.09 Å². The molecule has 3 amide bonds. The number of nitrogens with one attached hydrogen (secondary N) is 4. The van der Waals surface area contributed by atoms with Crippen molar-refractivity contribution in [2.75, 3.05) is 0 Å². The zero-order valence-electron chi connectivity index (χ0n) is 18.5. The van der Waals surface area contributed by atoms with E-state index in [9.17, 15) is 18.8 Å². The lowest BCUT2D eigenvalue weighted by molar-refractivity contribution is -0.124. The number of alkyl carbamates (subject to hydrolysis) is 1. The van der Waals surface area contributed by atoms with Crippen molar-refractivity contribution < 1.29 is 23.5 Å². The monoisotopic (exact) mass is 454 g/mol. The molecule has 0 aromatic heterocycles. The van der Waals surface area contributed by atoms with Crippen LogP contribution in [0.5, 0.6) is 0 Å². The van der Waals surface area contributed by atoms with Crippen LogP contribution in [0.25, 0.3) is 0 Å². The van der Waals surface area contributed by atoms with Crippen LogP contribution in [0, 0.1) is 5.82 Å². The van der Waals surface area contributed by atoms with Crippen molar-refractivity contribution in [3.63, 3.8) is 0 Å². The van der Waals surface area contributed by atoms with Gasteiger partial charge in [-0.25, -0.2) is 9.18 Å². The van der Waals surface area contributed by atoms with Crippen LogP contribution in [-0.2, 0) is 20.9 Å². The van der Waals surface area contributed by atoms with Crippen LogP contribution in [0.4, 0.5) is 9.18 Å². The summed E-state index contributed by atoms with van der Waals surface area (Å²) < 4.78 is 19.1. The molecular weight excluding hydrogens is 427 g/mol. The lowest BCUT2D eigenvalue weighted by Gasteiger charge is -2.27. The van der Waals surface area contributed by atoms with Gasteiger partial charge in [-0.1, -0.05) is 48.5 Å². The molecule has 1 unspecified atom stereocenters. The first-order valence-electron chi connectivity index (χ1n) is 10.5. The highest BCUT2D eigenvalue weighted by molar-refractivity contribution is 5.98. The molecule has 0 radical (unpaired) electrons. The Morgan fingerprint density at radius 2 is 1.79 bits per heavy atom. The largest absolute Gasteiger partial charge is 0.445 e. The summed E-state index contributed by atoms with van der Waals surface area (Å²) in [7, 11) is 0. The van der Waals surface area contributed by atoms with Crippen LogP contribution in [0.15, 0.2) is 66.5 Å². The molecule has 174 valence electrons. The molecule has 1 aliphatic rings. The molecule has 0 bridgehead atoms. The Morgan fingerprint density at radius 3 is 2.48 bits per heavy atom. The summed E-state index contributed by atoms with van der Waals surface area (Å²) in [4.78, 5) is 36.7. The van der Waals surface area contributed by atoms with Crippen LogP contribution in [-0.4, -0.2) is 23.4 Å². The van der Waals surface area contributed by atoms with Gasteiger partial charge in [0.15, 0.2) is 0 Å². The number of halogens is 1. The maximum absolute atomic E-state index is 13.9. The topological polar surface area (TPSA) is 109 Å². The molecule has 0 saturated carbocycles. The normalized spacial score (nSPS) is 15.5. The molecule has 0 spiro atoms. The van der Waals surface area contributed by atoms with Crippen molar-refractivity contribution in [1.29, 1.82) is 0 Å². The summed E-state index contributed by atoms with van der Waals surface area (Å²) in [6.07, 6.45) is 0.414. The fraction of sp³-hybridized carbons (Fsp3) is 0.292. The second-order valence-electron chi connectivity index (χ2n) is 8.27. The minimum absolute atomic E-state index is 0.0284. The number of amides is 3. The van der Waals surface area contributed by atoms with Crippen molar-refractivity contribution in [1.82, 2.24) is 21.3 Å². The predicted octanol–water partition coefficient (Wildman–Crippen LogP) is 2.99. The van der Waals surface area contributed by atoms with Gasteiger partial charge in [0.25, 0.3) is 5.91 Å². The van der Waals surface area contributed by atoms with E-state index in [1.165, 1.54) is 12.3 Å². The molecule has 9 heteroatoms. The third kappa shape index (κ3) is 7.06. The molecule has 2 aromatic rings. The number of carbonyl (C=O) groups is 3. The standard InChI is InChI=1S/C24H27FN4O4/c1-24(2,29-23(32)33-15-16-8-4-3-5-9-16)13-12-20(30)27-19-14-26-21(28-22(19)31)17-10-6-7-11-18(17)25/h3-11,14,21,26H,12-13,15H2,1-2H3,(H,27,30)(H,28,31)(H,29,32). The zero-order chi connectivity index (χ0) is 23.8. The molecule has 1 atom stereocenters. The summed E-state index contributed by atoms with van der Waals surface area (Å²) in [6.45, 7) is 3.70. The molecule has 8 nitrogen and oxygen atoms in total. The number of ether oxygens (including phenoxy) is 1. The van der Waals surface area contributed by atoms with Crippen LogP contribution < -0.4 is 21.3 Å². The smallest absolute Gasteiger partial charge is 0.407 e. The molecule has 33 heavy (non-hydrogen) atoms. The van der Waals surface area contributed by atoms with E-state index in [1.54, 1.807) is 32.0 Å². The van der Waals surface area contributed by atoms with E-state index in [-0.39, 0.29) is 18.7 Å².